The molecule has 0 saturated carbocycles. The number of nitrogens with zero attached hydrogens (tertiary/aromatic N) is 2. The van der Waals surface area contributed by atoms with Gasteiger partial charge < -0.3 is 30.4 Å². The smallest absolute Gasteiger partial charge is 0.218 e. The molecule has 0 spiro atoms. The van der Waals surface area contributed by atoms with Crippen molar-refractivity contribution in [3.8, 4) is 11.8 Å². The van der Waals surface area contributed by atoms with Gasteiger partial charge in [-0.3, -0.25) is 4.57 Å². The monoisotopic (exact) mass is 256 g/mol. The van der Waals surface area contributed by atoms with Crippen LogP contribution < -0.4 is 4.90 Å². The molecule has 100 valence electrons. The zero-order valence-electron chi connectivity index (χ0n) is 9.85. The molecule has 0 aliphatic carbocycles. The van der Waals surface area contributed by atoms with Crippen molar-refractivity contribution < 1.29 is 25.5 Å². The van der Waals surface area contributed by atoms with E-state index in [9.17, 15) is 25.5 Å². The SMILES string of the molecule is Cn1c(O)c2c(c1O)N1C[C@@H](O)[C@@H](O)[C@H]1[C@H](O)C2. The summed E-state index contributed by atoms with van der Waals surface area (Å²) in [5.74, 6) is -0.225. The summed E-state index contributed by atoms with van der Waals surface area (Å²) in [5.41, 5.74) is 0.834. The number of aromatic nitrogens is 1. The average Bonchev–Trinajstić information content (AvgIpc) is 2.72. The van der Waals surface area contributed by atoms with Crippen LogP contribution in [0.4, 0.5) is 5.69 Å². The highest BCUT2D eigenvalue weighted by Crippen LogP contribution is 2.47. The lowest BCUT2D eigenvalue weighted by Crippen LogP contribution is -2.49. The van der Waals surface area contributed by atoms with Gasteiger partial charge in [0.25, 0.3) is 0 Å². The van der Waals surface area contributed by atoms with Crippen LogP contribution in [-0.4, -0.2) is 61.0 Å². The molecule has 2 aliphatic heterocycles. The molecule has 18 heavy (non-hydrogen) atoms. The Morgan fingerprint density at radius 3 is 2.39 bits per heavy atom. The third-order valence-corrected chi connectivity index (χ3v) is 3.99. The van der Waals surface area contributed by atoms with Gasteiger partial charge in [0.2, 0.25) is 5.88 Å². The number of aliphatic hydroxyl groups excluding tert-OH is 3. The largest absolute Gasteiger partial charge is 0.494 e. The number of aliphatic hydroxyl groups is 3. The Kier molecular flexibility index (Phi) is 2.28. The molecular formula is C11H16N2O5. The molecule has 2 aliphatic rings. The highest BCUT2D eigenvalue weighted by atomic mass is 16.3. The molecule has 7 heteroatoms. The van der Waals surface area contributed by atoms with E-state index in [0.717, 1.165) is 0 Å². The first kappa shape index (κ1) is 11.6. The Morgan fingerprint density at radius 1 is 1.06 bits per heavy atom. The standard InChI is InChI=1S/C11H16N2O5/c1-12-10(17)4-2-5(14)8-9(16)6(15)3-13(8)7(4)11(12)18/h5-6,8-9,14-18H,2-3H2,1H3/t5-,6-,8-,9-/m1/s1. The van der Waals surface area contributed by atoms with Crippen molar-refractivity contribution in [1.82, 2.24) is 4.57 Å². The summed E-state index contributed by atoms with van der Waals surface area (Å²) in [7, 11) is 1.51. The maximum atomic E-state index is 10.0. The van der Waals surface area contributed by atoms with E-state index in [4.69, 9.17) is 0 Å². The van der Waals surface area contributed by atoms with Crippen molar-refractivity contribution in [2.24, 2.45) is 7.05 Å². The van der Waals surface area contributed by atoms with E-state index in [1.54, 1.807) is 4.90 Å². The molecule has 5 N–H and O–H groups in total. The van der Waals surface area contributed by atoms with E-state index in [1.807, 2.05) is 0 Å². The summed E-state index contributed by atoms with van der Waals surface area (Å²) in [6, 6.07) is -0.653. The van der Waals surface area contributed by atoms with Crippen LogP contribution in [0, 0.1) is 0 Å². The fourth-order valence-corrected chi connectivity index (χ4v) is 3.04. The molecule has 0 radical (unpaired) electrons. The first-order valence-electron chi connectivity index (χ1n) is 5.83. The van der Waals surface area contributed by atoms with Gasteiger partial charge in [0.05, 0.1) is 18.2 Å². The van der Waals surface area contributed by atoms with E-state index in [-0.39, 0.29) is 24.7 Å². The van der Waals surface area contributed by atoms with Crippen LogP contribution in [0.25, 0.3) is 0 Å². The molecule has 0 amide bonds. The van der Waals surface area contributed by atoms with Gasteiger partial charge in [0.1, 0.15) is 11.8 Å². The Morgan fingerprint density at radius 2 is 1.72 bits per heavy atom. The van der Waals surface area contributed by atoms with Crippen LogP contribution >= 0.6 is 0 Å². The van der Waals surface area contributed by atoms with E-state index >= 15 is 0 Å². The van der Waals surface area contributed by atoms with Crippen LogP contribution in [0.15, 0.2) is 0 Å². The van der Waals surface area contributed by atoms with E-state index < -0.39 is 24.4 Å². The van der Waals surface area contributed by atoms with E-state index in [1.165, 1.54) is 11.6 Å². The van der Waals surface area contributed by atoms with Gasteiger partial charge in [-0.2, -0.15) is 0 Å². The summed E-state index contributed by atoms with van der Waals surface area (Å²) < 4.78 is 1.22. The molecule has 1 aromatic heterocycles. The van der Waals surface area contributed by atoms with Crippen molar-refractivity contribution in [2.75, 3.05) is 11.4 Å². The van der Waals surface area contributed by atoms with Crippen molar-refractivity contribution >= 4 is 5.69 Å². The van der Waals surface area contributed by atoms with Crippen LogP contribution in [0.3, 0.4) is 0 Å². The van der Waals surface area contributed by atoms with Gasteiger partial charge in [-0.15, -0.1) is 0 Å². The summed E-state index contributed by atoms with van der Waals surface area (Å²) in [6.45, 7) is 0.118. The number of anilines is 1. The van der Waals surface area contributed by atoms with Gasteiger partial charge in [-0.1, -0.05) is 0 Å². The molecule has 0 bridgehead atoms. The topological polar surface area (TPSA) is 109 Å². The van der Waals surface area contributed by atoms with Gasteiger partial charge >= 0.3 is 0 Å². The molecule has 1 aromatic rings. The summed E-state index contributed by atoms with van der Waals surface area (Å²) >= 11 is 0. The predicted octanol–water partition coefficient (Wildman–Crippen LogP) is -1.74. The lowest BCUT2D eigenvalue weighted by molar-refractivity contribution is 0.00804. The number of fused-ring (bicyclic) bond motifs is 3. The number of hydrogen-bond acceptors (Lipinski definition) is 6. The van der Waals surface area contributed by atoms with Crippen LogP contribution in [0.5, 0.6) is 11.8 Å². The fourth-order valence-electron chi connectivity index (χ4n) is 3.04. The van der Waals surface area contributed by atoms with Crippen LogP contribution in [0.2, 0.25) is 0 Å². The normalized spacial score (nSPS) is 34.6. The lowest BCUT2D eigenvalue weighted by atomic mass is 9.94. The lowest BCUT2D eigenvalue weighted by Gasteiger charge is -2.35. The molecule has 1 saturated heterocycles. The second-order valence-electron chi connectivity index (χ2n) is 5.01. The summed E-state index contributed by atoms with van der Waals surface area (Å²) in [5, 5.41) is 49.4. The van der Waals surface area contributed by atoms with Crippen LogP contribution in [-0.2, 0) is 13.5 Å². The second-order valence-corrected chi connectivity index (χ2v) is 5.01. The highest BCUT2D eigenvalue weighted by Gasteiger charge is 2.49. The van der Waals surface area contributed by atoms with Crippen molar-refractivity contribution in [2.45, 2.75) is 30.8 Å². The Bertz CT molecular complexity index is 500. The first-order chi connectivity index (χ1) is 8.43. The Hall–Kier alpha value is -1.44. The third kappa shape index (κ3) is 1.23. The zero-order chi connectivity index (χ0) is 13.2. The number of rotatable bonds is 0. The van der Waals surface area contributed by atoms with Gasteiger partial charge in [-0.05, 0) is 0 Å². The van der Waals surface area contributed by atoms with Crippen molar-refractivity contribution in [3.05, 3.63) is 5.56 Å². The molecule has 0 unspecified atom stereocenters. The maximum absolute atomic E-state index is 10.0. The first-order valence-corrected chi connectivity index (χ1v) is 5.83. The molecular weight excluding hydrogens is 240 g/mol. The average molecular weight is 256 g/mol. The van der Waals surface area contributed by atoms with Crippen molar-refractivity contribution in [3.63, 3.8) is 0 Å². The third-order valence-electron chi connectivity index (χ3n) is 3.99. The quantitative estimate of drug-likeness (QED) is 0.377. The minimum Gasteiger partial charge on any atom is -0.494 e. The minimum atomic E-state index is -1.06. The van der Waals surface area contributed by atoms with Gasteiger partial charge in [-0.25, -0.2) is 0 Å². The molecule has 7 nitrogen and oxygen atoms in total. The van der Waals surface area contributed by atoms with Crippen molar-refractivity contribution in [1.29, 1.82) is 0 Å². The second kappa shape index (κ2) is 3.53. The van der Waals surface area contributed by atoms with E-state index in [2.05, 4.69) is 0 Å². The zero-order valence-corrected chi connectivity index (χ0v) is 9.85. The van der Waals surface area contributed by atoms with E-state index in [0.29, 0.717) is 11.3 Å². The maximum Gasteiger partial charge on any atom is 0.218 e. The minimum absolute atomic E-state index is 0.101. The molecule has 3 rings (SSSR count). The number of hydrogen-bond donors (Lipinski definition) is 5. The fraction of sp³-hybridized carbons (Fsp3) is 0.636. The van der Waals surface area contributed by atoms with Gasteiger partial charge in [0, 0.05) is 25.6 Å². The molecule has 4 atom stereocenters. The number of aromatic hydroxyl groups is 2. The molecule has 3 heterocycles. The Balaban J connectivity index is 2.15. The molecule has 0 aromatic carbocycles. The summed E-state index contributed by atoms with van der Waals surface area (Å²) in [4.78, 5) is 1.56. The predicted molar refractivity (Wildman–Crippen MR) is 61.6 cm³/mol. The molecule has 1 fully saturated rings. The Labute approximate surface area is 103 Å². The van der Waals surface area contributed by atoms with Crippen LogP contribution in [0.1, 0.15) is 5.56 Å². The van der Waals surface area contributed by atoms with Gasteiger partial charge in [0.15, 0.2) is 5.88 Å². The highest BCUT2D eigenvalue weighted by molar-refractivity contribution is 5.70. The summed E-state index contributed by atoms with van der Waals surface area (Å²) in [6.07, 6.45) is -2.79.